The monoisotopic (exact) mass is 721 g/mol. The molecule has 4 atom stereocenters. The average Bonchev–Trinajstić information content (AvgIpc) is 3.09. The molecule has 13 nitrogen and oxygen atoms in total. The Bertz CT molecular complexity index is 1770. The van der Waals surface area contributed by atoms with Gasteiger partial charge < -0.3 is 32.3 Å². The molecule has 0 heterocycles. The zero-order chi connectivity index (χ0) is 37.9. The normalized spacial score (nSPS) is 13.7. The van der Waals surface area contributed by atoms with Crippen LogP contribution in [0, 0.1) is 5.92 Å². The molecule has 0 aliphatic rings. The fraction of sp³-hybridized carbons (Fsp3) is 0.405. The number of benzene rings is 3. The van der Waals surface area contributed by atoms with E-state index in [1.165, 1.54) is 25.2 Å². The van der Waals surface area contributed by atoms with Crippen molar-refractivity contribution in [1.29, 1.82) is 0 Å². The topological polar surface area (TPSA) is 192 Å². The predicted molar refractivity (Wildman–Crippen MR) is 201 cm³/mol. The smallest absolute Gasteiger partial charge is 0.251 e. The molecular weight excluding hydrogens is 671 g/mol. The van der Waals surface area contributed by atoms with Gasteiger partial charge in [0.25, 0.3) is 11.8 Å². The molecule has 276 valence electrons. The molecule has 0 saturated heterocycles. The van der Waals surface area contributed by atoms with Crippen LogP contribution in [0.25, 0.3) is 0 Å². The molecule has 4 amide bonds. The van der Waals surface area contributed by atoms with Crippen molar-refractivity contribution in [3.63, 3.8) is 0 Å². The number of hydrogen-bond acceptors (Lipinski definition) is 8. The molecule has 0 saturated carbocycles. The molecule has 3 aromatic carbocycles. The second-order valence-corrected chi connectivity index (χ2v) is 15.0. The largest absolute Gasteiger partial charge is 0.399 e. The van der Waals surface area contributed by atoms with Gasteiger partial charge in [-0.1, -0.05) is 56.3 Å². The Hall–Kier alpha value is -4.95. The van der Waals surface area contributed by atoms with Gasteiger partial charge in [0.2, 0.25) is 21.8 Å². The molecule has 0 bridgehead atoms. The SMILES string of the molecule is CCNC(=O)[C@@H](NC(=O)[C@H](C)NC[C@H](Cc1ccc(N)cc1)NC(=O)c1cc(C(=O)N[C@H](C)c2ccccc2)cc(N(C)S(C)(=O)=O)c1)C(C)C. The molecule has 3 aromatic rings. The average molecular weight is 722 g/mol. The first kappa shape index (κ1) is 40.5. The number of nitrogens with one attached hydrogen (secondary N) is 5. The number of hydrogen-bond donors (Lipinski definition) is 6. The summed E-state index contributed by atoms with van der Waals surface area (Å²) in [6.07, 6.45) is 1.38. The summed E-state index contributed by atoms with van der Waals surface area (Å²) in [6, 6.07) is 18.4. The summed E-state index contributed by atoms with van der Waals surface area (Å²) in [7, 11) is -2.39. The van der Waals surface area contributed by atoms with Crippen molar-refractivity contribution in [2.75, 3.05) is 36.4 Å². The molecule has 0 spiro atoms. The van der Waals surface area contributed by atoms with Crippen LogP contribution in [0.15, 0.2) is 72.8 Å². The summed E-state index contributed by atoms with van der Waals surface area (Å²) < 4.78 is 26.0. The van der Waals surface area contributed by atoms with Crippen molar-refractivity contribution < 1.29 is 27.6 Å². The van der Waals surface area contributed by atoms with Gasteiger partial charge in [-0.2, -0.15) is 0 Å². The Morgan fingerprint density at radius 1 is 0.804 bits per heavy atom. The molecule has 14 heteroatoms. The lowest BCUT2D eigenvalue weighted by Gasteiger charge is -2.25. The maximum Gasteiger partial charge on any atom is 0.251 e. The molecule has 7 N–H and O–H groups in total. The van der Waals surface area contributed by atoms with Crippen LogP contribution in [0.1, 0.15) is 72.5 Å². The Morgan fingerprint density at radius 2 is 1.39 bits per heavy atom. The summed E-state index contributed by atoms with van der Waals surface area (Å²) in [6.45, 7) is 9.58. The number of carbonyl (C=O) groups excluding carboxylic acids is 4. The molecule has 0 unspecified atom stereocenters. The van der Waals surface area contributed by atoms with Crippen molar-refractivity contribution in [1.82, 2.24) is 26.6 Å². The quantitative estimate of drug-likeness (QED) is 0.115. The third-order valence-electron chi connectivity index (χ3n) is 8.41. The maximum atomic E-state index is 13.9. The molecule has 0 aliphatic carbocycles. The minimum Gasteiger partial charge on any atom is -0.399 e. The number of carbonyl (C=O) groups is 4. The van der Waals surface area contributed by atoms with Crippen molar-refractivity contribution in [3.05, 3.63) is 95.1 Å². The summed E-state index contributed by atoms with van der Waals surface area (Å²) in [5, 5.41) is 14.6. The first-order valence-corrected chi connectivity index (χ1v) is 18.8. The lowest BCUT2D eigenvalue weighted by molar-refractivity contribution is -0.130. The van der Waals surface area contributed by atoms with Crippen LogP contribution in [0.3, 0.4) is 0 Å². The van der Waals surface area contributed by atoms with Gasteiger partial charge in [0.1, 0.15) is 6.04 Å². The highest BCUT2D eigenvalue weighted by atomic mass is 32.2. The zero-order valence-electron chi connectivity index (χ0n) is 30.3. The van der Waals surface area contributed by atoms with Crippen LogP contribution in [-0.4, -0.2) is 76.6 Å². The minimum atomic E-state index is -3.74. The Morgan fingerprint density at radius 3 is 1.94 bits per heavy atom. The highest BCUT2D eigenvalue weighted by molar-refractivity contribution is 7.92. The van der Waals surface area contributed by atoms with Crippen molar-refractivity contribution in [2.24, 2.45) is 5.92 Å². The number of anilines is 2. The lowest BCUT2D eigenvalue weighted by Crippen LogP contribution is -2.55. The number of nitrogen functional groups attached to an aromatic ring is 1. The van der Waals surface area contributed by atoms with E-state index in [4.69, 9.17) is 5.73 Å². The van der Waals surface area contributed by atoms with Gasteiger partial charge in [-0.25, -0.2) is 8.42 Å². The number of likely N-dealkylation sites (N-methyl/N-ethyl adjacent to an activating group) is 1. The van der Waals surface area contributed by atoms with Gasteiger partial charge in [-0.15, -0.1) is 0 Å². The van der Waals surface area contributed by atoms with Gasteiger partial charge in [0.05, 0.1) is 24.0 Å². The number of nitrogens with two attached hydrogens (primary N) is 1. The number of sulfonamides is 1. The van der Waals surface area contributed by atoms with Gasteiger partial charge in [-0.05, 0) is 74.6 Å². The highest BCUT2D eigenvalue weighted by Gasteiger charge is 2.27. The molecule has 51 heavy (non-hydrogen) atoms. The van der Waals surface area contributed by atoms with E-state index in [1.807, 2.05) is 63.2 Å². The number of amides is 4. The minimum absolute atomic E-state index is 0.0651. The second kappa shape index (κ2) is 18.3. The molecule has 0 aromatic heterocycles. The zero-order valence-corrected chi connectivity index (χ0v) is 31.1. The van der Waals surface area contributed by atoms with E-state index in [2.05, 4.69) is 26.6 Å². The van der Waals surface area contributed by atoms with Gasteiger partial charge in [0, 0.05) is 43.0 Å². The number of nitrogens with zero attached hydrogens (tertiary/aromatic N) is 1. The Labute approximate surface area is 301 Å². The standard InChI is InChI=1S/C37H51N7O6S/c1-8-39-37(48)33(23(2)3)43-34(45)25(5)40-22-31(18-26-14-16-30(38)17-15-26)42-36(47)29-19-28(20-32(21-29)44(6)51(7,49)50)35(46)41-24(4)27-12-10-9-11-13-27/h9-17,19-21,23-25,31,33,40H,8,18,22,38H2,1-7H3,(H,39,48)(H,41,46)(H,42,47)(H,43,45)/t24-,25+,31+,33+/m1/s1. The van der Waals surface area contributed by atoms with Crippen LogP contribution < -0.4 is 36.6 Å². The van der Waals surface area contributed by atoms with Crippen LogP contribution >= 0.6 is 0 Å². The molecule has 0 fully saturated rings. The molecule has 3 rings (SSSR count). The lowest BCUT2D eigenvalue weighted by atomic mass is 10.0. The van der Waals surface area contributed by atoms with Crippen LogP contribution in [-0.2, 0) is 26.0 Å². The van der Waals surface area contributed by atoms with Crippen molar-refractivity contribution >= 4 is 45.0 Å². The van der Waals surface area contributed by atoms with E-state index >= 15 is 0 Å². The van der Waals surface area contributed by atoms with Crippen LogP contribution in [0.2, 0.25) is 0 Å². The van der Waals surface area contributed by atoms with Gasteiger partial charge >= 0.3 is 0 Å². The van der Waals surface area contributed by atoms with Crippen molar-refractivity contribution in [3.8, 4) is 0 Å². The first-order valence-electron chi connectivity index (χ1n) is 16.9. The van der Waals surface area contributed by atoms with Crippen LogP contribution in [0.4, 0.5) is 11.4 Å². The molecule has 0 aliphatic heterocycles. The first-order chi connectivity index (χ1) is 24.0. The summed E-state index contributed by atoms with van der Waals surface area (Å²) in [5.74, 6) is -1.84. The fourth-order valence-corrected chi connectivity index (χ4v) is 5.73. The third kappa shape index (κ3) is 12.1. The number of rotatable bonds is 17. The van der Waals surface area contributed by atoms with E-state index in [9.17, 15) is 27.6 Å². The molecule has 0 radical (unpaired) electrons. The van der Waals surface area contributed by atoms with Gasteiger partial charge in [0.15, 0.2) is 0 Å². The fourth-order valence-electron chi connectivity index (χ4n) is 5.24. The maximum absolute atomic E-state index is 13.9. The van der Waals surface area contributed by atoms with Gasteiger partial charge in [-0.3, -0.25) is 23.5 Å². The second-order valence-electron chi connectivity index (χ2n) is 13.0. The van der Waals surface area contributed by atoms with Crippen molar-refractivity contribution in [2.45, 2.75) is 65.2 Å². The Kier molecular flexibility index (Phi) is 14.6. The highest BCUT2D eigenvalue weighted by Crippen LogP contribution is 2.22. The van der Waals surface area contributed by atoms with E-state index in [0.717, 1.165) is 21.7 Å². The van der Waals surface area contributed by atoms with E-state index < -0.39 is 40.0 Å². The summed E-state index contributed by atoms with van der Waals surface area (Å²) >= 11 is 0. The summed E-state index contributed by atoms with van der Waals surface area (Å²) in [5.41, 5.74) is 8.50. The summed E-state index contributed by atoms with van der Waals surface area (Å²) in [4.78, 5) is 53.0. The van der Waals surface area contributed by atoms with E-state index in [-0.39, 0.29) is 47.1 Å². The molecular formula is C37H51N7O6S. The predicted octanol–water partition coefficient (Wildman–Crippen LogP) is 2.75. The Balaban J connectivity index is 1.88. The van der Waals surface area contributed by atoms with E-state index in [0.29, 0.717) is 18.7 Å². The van der Waals surface area contributed by atoms with Crippen LogP contribution in [0.5, 0.6) is 0 Å². The third-order valence-corrected chi connectivity index (χ3v) is 9.61. The van der Waals surface area contributed by atoms with E-state index in [1.54, 1.807) is 26.0 Å².